The Labute approximate surface area is 120 Å². The van der Waals surface area contributed by atoms with Crippen molar-refractivity contribution in [3.8, 4) is 0 Å². The van der Waals surface area contributed by atoms with E-state index in [1.165, 1.54) is 0 Å². The van der Waals surface area contributed by atoms with Gasteiger partial charge in [-0.2, -0.15) is 0 Å². The lowest BCUT2D eigenvalue weighted by molar-refractivity contribution is 0.242. The Kier molecular flexibility index (Phi) is 5.12. The van der Waals surface area contributed by atoms with Gasteiger partial charge in [-0.3, -0.25) is 4.90 Å². The van der Waals surface area contributed by atoms with E-state index < -0.39 is 0 Å². The average Bonchev–Trinajstić information content (AvgIpc) is 2.90. The van der Waals surface area contributed by atoms with E-state index in [4.69, 9.17) is 4.42 Å². The maximum Gasteiger partial charge on any atom is 0.144 e. The zero-order chi connectivity index (χ0) is 14.4. The highest BCUT2D eigenvalue weighted by molar-refractivity contribution is 5.35. The summed E-state index contributed by atoms with van der Waals surface area (Å²) in [4.78, 5) is 11.3. The summed E-state index contributed by atoms with van der Waals surface area (Å²) in [6, 6.07) is 5.87. The van der Waals surface area contributed by atoms with Gasteiger partial charge in [-0.05, 0) is 32.5 Å². The molecule has 0 bridgehead atoms. The number of hydrogen-bond donors (Lipinski definition) is 1. The lowest BCUT2D eigenvalue weighted by Crippen LogP contribution is -2.23. The Bertz CT molecular complexity index is 525. The topological polar surface area (TPSA) is 54.2 Å². The molecule has 5 nitrogen and oxygen atoms in total. The van der Waals surface area contributed by atoms with E-state index in [1.54, 1.807) is 6.26 Å². The molecule has 20 heavy (non-hydrogen) atoms. The molecular formula is C15H22N4O. The Morgan fingerprint density at radius 1 is 1.25 bits per heavy atom. The molecule has 2 rings (SSSR count). The van der Waals surface area contributed by atoms with Gasteiger partial charge >= 0.3 is 0 Å². The molecule has 0 aliphatic carbocycles. The van der Waals surface area contributed by atoms with Crippen LogP contribution < -0.4 is 5.32 Å². The van der Waals surface area contributed by atoms with Crippen molar-refractivity contribution < 1.29 is 4.42 Å². The molecule has 108 valence electrons. The number of aryl methyl sites for hydroxylation is 1. The van der Waals surface area contributed by atoms with E-state index in [2.05, 4.69) is 34.0 Å². The predicted octanol–water partition coefficient (Wildman–Crippen LogP) is 2.83. The minimum atomic E-state index is 0.720. The third-order valence-corrected chi connectivity index (χ3v) is 3.03. The zero-order valence-corrected chi connectivity index (χ0v) is 12.4. The minimum Gasteiger partial charge on any atom is -0.468 e. The Morgan fingerprint density at radius 3 is 2.75 bits per heavy atom. The zero-order valence-electron chi connectivity index (χ0n) is 12.4. The van der Waals surface area contributed by atoms with Crippen molar-refractivity contribution in [2.75, 3.05) is 18.4 Å². The van der Waals surface area contributed by atoms with Crippen molar-refractivity contribution in [1.29, 1.82) is 0 Å². The van der Waals surface area contributed by atoms with Crippen LogP contribution in [0.15, 0.2) is 28.9 Å². The smallest absolute Gasteiger partial charge is 0.144 e. The number of rotatable bonds is 7. The molecular weight excluding hydrogens is 252 g/mol. The summed E-state index contributed by atoms with van der Waals surface area (Å²) in [5.74, 6) is 2.70. The van der Waals surface area contributed by atoms with Gasteiger partial charge in [0.1, 0.15) is 17.4 Å². The van der Waals surface area contributed by atoms with Crippen LogP contribution in [0.4, 0.5) is 5.82 Å². The summed E-state index contributed by atoms with van der Waals surface area (Å²) in [5.41, 5.74) is 0.986. The molecule has 0 saturated heterocycles. The van der Waals surface area contributed by atoms with E-state index >= 15 is 0 Å². The van der Waals surface area contributed by atoms with Gasteiger partial charge in [-0.1, -0.05) is 6.92 Å². The van der Waals surface area contributed by atoms with Gasteiger partial charge in [0.15, 0.2) is 0 Å². The monoisotopic (exact) mass is 274 g/mol. The lowest BCUT2D eigenvalue weighted by Gasteiger charge is -2.18. The molecule has 0 spiro atoms. The van der Waals surface area contributed by atoms with Crippen molar-refractivity contribution in [2.45, 2.75) is 33.9 Å². The second kappa shape index (κ2) is 7.05. The normalized spacial score (nSPS) is 11.0. The summed E-state index contributed by atoms with van der Waals surface area (Å²) in [6.07, 6.45) is 1.70. The molecule has 2 aromatic rings. The summed E-state index contributed by atoms with van der Waals surface area (Å²) in [5, 5.41) is 3.24. The molecule has 1 N–H and O–H groups in total. The average molecular weight is 274 g/mol. The number of aromatic nitrogens is 2. The van der Waals surface area contributed by atoms with E-state index in [0.717, 1.165) is 49.3 Å². The largest absolute Gasteiger partial charge is 0.468 e. The SMILES string of the molecule is CCNc1cc(C)nc(CN(CC)Cc2ccco2)n1. The van der Waals surface area contributed by atoms with Crippen molar-refractivity contribution >= 4 is 5.82 Å². The molecule has 0 aromatic carbocycles. The quantitative estimate of drug-likeness (QED) is 0.841. The highest BCUT2D eigenvalue weighted by atomic mass is 16.3. The second-order valence-corrected chi connectivity index (χ2v) is 4.72. The van der Waals surface area contributed by atoms with Gasteiger partial charge < -0.3 is 9.73 Å². The van der Waals surface area contributed by atoms with Gasteiger partial charge in [-0.25, -0.2) is 9.97 Å². The molecule has 0 amide bonds. The Balaban J connectivity index is 2.06. The van der Waals surface area contributed by atoms with Gasteiger partial charge in [-0.15, -0.1) is 0 Å². The summed E-state index contributed by atoms with van der Waals surface area (Å²) in [6.45, 7) is 9.47. The molecule has 2 aromatic heterocycles. The van der Waals surface area contributed by atoms with Crippen LogP contribution in [0.5, 0.6) is 0 Å². The first-order valence-corrected chi connectivity index (χ1v) is 7.04. The lowest BCUT2D eigenvalue weighted by atomic mass is 10.3. The molecule has 0 fully saturated rings. The first-order valence-electron chi connectivity index (χ1n) is 7.04. The molecule has 0 aliphatic heterocycles. The van der Waals surface area contributed by atoms with Gasteiger partial charge in [0.05, 0.1) is 19.4 Å². The Hall–Kier alpha value is -1.88. The Morgan fingerprint density at radius 2 is 2.10 bits per heavy atom. The van der Waals surface area contributed by atoms with Crippen molar-refractivity contribution in [3.05, 3.63) is 41.7 Å². The number of nitrogens with one attached hydrogen (secondary N) is 1. The fraction of sp³-hybridized carbons (Fsp3) is 0.467. The first-order chi connectivity index (χ1) is 9.71. The number of hydrogen-bond acceptors (Lipinski definition) is 5. The van der Waals surface area contributed by atoms with E-state index in [9.17, 15) is 0 Å². The summed E-state index contributed by atoms with van der Waals surface area (Å²) >= 11 is 0. The maximum atomic E-state index is 5.39. The van der Waals surface area contributed by atoms with Crippen molar-refractivity contribution in [1.82, 2.24) is 14.9 Å². The van der Waals surface area contributed by atoms with Crippen LogP contribution in [-0.2, 0) is 13.1 Å². The molecule has 0 atom stereocenters. The van der Waals surface area contributed by atoms with Crippen LogP contribution in [0.3, 0.4) is 0 Å². The van der Waals surface area contributed by atoms with Crippen molar-refractivity contribution in [2.24, 2.45) is 0 Å². The highest BCUT2D eigenvalue weighted by Gasteiger charge is 2.10. The molecule has 5 heteroatoms. The maximum absolute atomic E-state index is 5.39. The number of nitrogens with zero attached hydrogens (tertiary/aromatic N) is 3. The molecule has 0 aliphatic rings. The van der Waals surface area contributed by atoms with Gasteiger partial charge in [0.25, 0.3) is 0 Å². The first kappa shape index (κ1) is 14.5. The summed E-state index contributed by atoms with van der Waals surface area (Å²) in [7, 11) is 0. The van der Waals surface area contributed by atoms with E-state index in [-0.39, 0.29) is 0 Å². The minimum absolute atomic E-state index is 0.720. The predicted molar refractivity (Wildman–Crippen MR) is 79.4 cm³/mol. The van der Waals surface area contributed by atoms with Gasteiger partial charge in [0, 0.05) is 18.3 Å². The van der Waals surface area contributed by atoms with Crippen molar-refractivity contribution in [3.63, 3.8) is 0 Å². The van der Waals surface area contributed by atoms with Crippen LogP contribution in [0.1, 0.15) is 31.1 Å². The van der Waals surface area contributed by atoms with Crippen LogP contribution in [0.25, 0.3) is 0 Å². The van der Waals surface area contributed by atoms with Crippen LogP contribution >= 0.6 is 0 Å². The molecule has 0 saturated carbocycles. The van der Waals surface area contributed by atoms with Crippen LogP contribution in [-0.4, -0.2) is 28.0 Å². The second-order valence-electron chi connectivity index (χ2n) is 4.72. The van der Waals surface area contributed by atoms with E-state index in [1.807, 2.05) is 25.1 Å². The van der Waals surface area contributed by atoms with E-state index in [0.29, 0.717) is 0 Å². The number of anilines is 1. The van der Waals surface area contributed by atoms with Crippen LogP contribution in [0.2, 0.25) is 0 Å². The van der Waals surface area contributed by atoms with Gasteiger partial charge in [0.2, 0.25) is 0 Å². The highest BCUT2D eigenvalue weighted by Crippen LogP contribution is 2.11. The number of furan rings is 1. The summed E-state index contributed by atoms with van der Waals surface area (Å²) < 4.78 is 5.39. The fourth-order valence-electron chi connectivity index (χ4n) is 2.07. The third kappa shape index (κ3) is 4.06. The molecule has 2 heterocycles. The fourth-order valence-corrected chi connectivity index (χ4v) is 2.07. The van der Waals surface area contributed by atoms with Crippen LogP contribution in [0, 0.1) is 6.92 Å². The molecule has 0 radical (unpaired) electrons. The standard InChI is InChI=1S/C15H22N4O/c1-4-16-14-9-12(3)17-15(18-14)11-19(5-2)10-13-7-6-8-20-13/h6-9H,4-5,10-11H2,1-3H3,(H,16,17,18). The third-order valence-electron chi connectivity index (χ3n) is 3.03. The molecule has 0 unspecified atom stereocenters.